The van der Waals surface area contributed by atoms with Gasteiger partial charge in [0.2, 0.25) is 11.8 Å². The predicted molar refractivity (Wildman–Crippen MR) is 101 cm³/mol. The van der Waals surface area contributed by atoms with E-state index in [1.54, 1.807) is 12.3 Å². The van der Waals surface area contributed by atoms with E-state index in [4.69, 9.17) is 5.73 Å². The first-order valence-corrected chi connectivity index (χ1v) is 8.74. The van der Waals surface area contributed by atoms with Crippen molar-refractivity contribution in [2.75, 3.05) is 5.32 Å². The van der Waals surface area contributed by atoms with Crippen LogP contribution in [0.4, 0.5) is 10.1 Å². The molecule has 2 amide bonds. The molecule has 1 heterocycles. The number of anilines is 1. The highest BCUT2D eigenvalue weighted by molar-refractivity contribution is 6.14. The molecule has 2 unspecified atom stereocenters. The van der Waals surface area contributed by atoms with Gasteiger partial charge in [-0.2, -0.15) is 0 Å². The van der Waals surface area contributed by atoms with Crippen LogP contribution in [0.5, 0.6) is 0 Å². The van der Waals surface area contributed by atoms with E-state index in [0.717, 1.165) is 16.8 Å². The summed E-state index contributed by atoms with van der Waals surface area (Å²) in [5.41, 5.74) is 7.24. The van der Waals surface area contributed by atoms with Crippen molar-refractivity contribution in [2.24, 2.45) is 11.1 Å². The van der Waals surface area contributed by atoms with Crippen LogP contribution in [0.3, 0.4) is 0 Å². The Labute approximate surface area is 160 Å². The van der Waals surface area contributed by atoms with Crippen LogP contribution in [0.25, 0.3) is 11.3 Å². The van der Waals surface area contributed by atoms with Gasteiger partial charge in [-0.1, -0.05) is 24.3 Å². The molecule has 0 spiro atoms. The summed E-state index contributed by atoms with van der Waals surface area (Å²) in [6.07, 6.45) is 3.47. The number of amides is 2. The summed E-state index contributed by atoms with van der Waals surface area (Å²) >= 11 is 0. The monoisotopic (exact) mass is 376 g/mol. The molecule has 1 aromatic heterocycles. The number of halogens is 1. The van der Waals surface area contributed by atoms with Crippen molar-refractivity contribution in [2.45, 2.75) is 12.3 Å². The molecule has 1 aliphatic carbocycles. The van der Waals surface area contributed by atoms with E-state index in [9.17, 15) is 14.0 Å². The number of carbonyl (C=O) groups excluding carboxylic acids is 2. The summed E-state index contributed by atoms with van der Waals surface area (Å²) in [4.78, 5) is 33.0. The number of aromatic nitrogens is 2. The number of hydrogen-bond donors (Lipinski definition) is 2. The zero-order valence-electron chi connectivity index (χ0n) is 14.8. The maximum absolute atomic E-state index is 13.0. The van der Waals surface area contributed by atoms with Crippen molar-refractivity contribution < 1.29 is 14.0 Å². The van der Waals surface area contributed by atoms with Gasteiger partial charge in [0.1, 0.15) is 17.6 Å². The SMILES string of the molecule is NC(=O)C1(C(=O)Nc2ccc(F)cc2)CC1c1ccc(-c2ccncn2)cc1. The van der Waals surface area contributed by atoms with Gasteiger partial charge in [0.25, 0.3) is 0 Å². The second-order valence-electron chi connectivity index (χ2n) is 6.77. The quantitative estimate of drug-likeness (QED) is 0.669. The van der Waals surface area contributed by atoms with Crippen LogP contribution >= 0.6 is 0 Å². The Balaban J connectivity index is 1.54. The Morgan fingerprint density at radius 2 is 1.79 bits per heavy atom. The lowest BCUT2D eigenvalue weighted by atomic mass is 9.96. The largest absolute Gasteiger partial charge is 0.369 e. The molecule has 2 atom stereocenters. The van der Waals surface area contributed by atoms with Crippen LogP contribution in [0.2, 0.25) is 0 Å². The van der Waals surface area contributed by atoms with Gasteiger partial charge < -0.3 is 11.1 Å². The van der Waals surface area contributed by atoms with Crippen LogP contribution in [0.1, 0.15) is 17.9 Å². The summed E-state index contributed by atoms with van der Waals surface area (Å²) in [6, 6.07) is 14.7. The lowest BCUT2D eigenvalue weighted by Gasteiger charge is -2.14. The molecule has 0 saturated heterocycles. The molecule has 0 aliphatic heterocycles. The number of rotatable bonds is 5. The van der Waals surface area contributed by atoms with E-state index in [0.29, 0.717) is 12.1 Å². The summed E-state index contributed by atoms with van der Waals surface area (Å²) in [6.45, 7) is 0. The molecule has 4 rings (SSSR count). The average Bonchev–Trinajstić information content (AvgIpc) is 3.48. The summed E-state index contributed by atoms with van der Waals surface area (Å²) < 4.78 is 13.0. The molecule has 7 heteroatoms. The predicted octanol–water partition coefficient (Wildman–Crippen LogP) is 2.88. The lowest BCUT2D eigenvalue weighted by molar-refractivity contribution is -0.132. The molecular weight excluding hydrogens is 359 g/mol. The zero-order valence-corrected chi connectivity index (χ0v) is 14.8. The number of nitrogens with two attached hydrogens (primary N) is 1. The molecular formula is C21H17FN4O2. The molecule has 2 aromatic carbocycles. The zero-order chi connectivity index (χ0) is 19.7. The van der Waals surface area contributed by atoms with E-state index in [-0.39, 0.29) is 5.92 Å². The summed E-state index contributed by atoms with van der Waals surface area (Å²) in [5.74, 6) is -1.85. The van der Waals surface area contributed by atoms with Gasteiger partial charge in [-0.15, -0.1) is 0 Å². The molecule has 1 saturated carbocycles. The summed E-state index contributed by atoms with van der Waals surface area (Å²) in [5, 5.41) is 2.67. The van der Waals surface area contributed by atoms with Crippen molar-refractivity contribution in [3.8, 4) is 11.3 Å². The Morgan fingerprint density at radius 3 is 2.39 bits per heavy atom. The van der Waals surface area contributed by atoms with Gasteiger partial charge in [-0.25, -0.2) is 14.4 Å². The summed E-state index contributed by atoms with van der Waals surface area (Å²) in [7, 11) is 0. The average molecular weight is 376 g/mol. The second kappa shape index (κ2) is 6.84. The van der Waals surface area contributed by atoms with E-state index in [2.05, 4.69) is 15.3 Å². The van der Waals surface area contributed by atoms with E-state index in [1.807, 2.05) is 24.3 Å². The van der Waals surface area contributed by atoms with Gasteiger partial charge in [-0.3, -0.25) is 9.59 Å². The molecule has 0 bridgehead atoms. The highest BCUT2D eigenvalue weighted by Gasteiger charge is 2.65. The smallest absolute Gasteiger partial charge is 0.240 e. The third kappa shape index (κ3) is 3.11. The highest BCUT2D eigenvalue weighted by atomic mass is 19.1. The first-order chi connectivity index (χ1) is 13.5. The normalized spacial score (nSPS) is 20.4. The number of benzene rings is 2. The highest BCUT2D eigenvalue weighted by Crippen LogP contribution is 2.59. The Morgan fingerprint density at radius 1 is 1.07 bits per heavy atom. The van der Waals surface area contributed by atoms with Crippen LogP contribution in [-0.2, 0) is 9.59 Å². The lowest BCUT2D eigenvalue weighted by Crippen LogP contribution is -2.37. The van der Waals surface area contributed by atoms with Gasteiger partial charge in [0.15, 0.2) is 0 Å². The topological polar surface area (TPSA) is 98.0 Å². The minimum absolute atomic E-state index is 0.301. The number of nitrogens with zero attached hydrogens (tertiary/aromatic N) is 2. The van der Waals surface area contributed by atoms with Crippen LogP contribution in [0, 0.1) is 11.2 Å². The van der Waals surface area contributed by atoms with Gasteiger partial charge in [-0.05, 0) is 42.3 Å². The van der Waals surface area contributed by atoms with Crippen molar-refractivity contribution in [1.82, 2.24) is 9.97 Å². The molecule has 28 heavy (non-hydrogen) atoms. The fraction of sp³-hybridized carbons (Fsp3) is 0.143. The number of primary amides is 1. The Bertz CT molecular complexity index is 1020. The maximum atomic E-state index is 13.0. The first-order valence-electron chi connectivity index (χ1n) is 8.74. The fourth-order valence-corrected chi connectivity index (χ4v) is 3.42. The minimum Gasteiger partial charge on any atom is -0.369 e. The first kappa shape index (κ1) is 17.8. The molecule has 1 fully saturated rings. The third-order valence-corrected chi connectivity index (χ3v) is 5.10. The third-order valence-electron chi connectivity index (χ3n) is 5.10. The van der Waals surface area contributed by atoms with Crippen molar-refractivity contribution >= 4 is 17.5 Å². The van der Waals surface area contributed by atoms with Crippen LogP contribution in [0.15, 0.2) is 67.1 Å². The van der Waals surface area contributed by atoms with E-state index >= 15 is 0 Å². The van der Waals surface area contributed by atoms with Crippen molar-refractivity contribution in [3.63, 3.8) is 0 Å². The van der Waals surface area contributed by atoms with Gasteiger partial charge >= 0.3 is 0 Å². The van der Waals surface area contributed by atoms with Crippen LogP contribution < -0.4 is 11.1 Å². The molecule has 6 nitrogen and oxygen atoms in total. The van der Waals surface area contributed by atoms with Crippen LogP contribution in [-0.4, -0.2) is 21.8 Å². The molecule has 3 N–H and O–H groups in total. The van der Waals surface area contributed by atoms with E-state index in [1.165, 1.54) is 30.6 Å². The minimum atomic E-state index is -1.30. The number of hydrogen-bond acceptors (Lipinski definition) is 4. The molecule has 0 radical (unpaired) electrons. The standard InChI is InChI=1S/C21H17FN4O2/c22-15-5-7-16(8-6-15)26-20(28)21(19(23)27)11-17(21)13-1-3-14(4-2-13)18-9-10-24-12-25-18/h1-10,12,17H,11H2,(H2,23,27)(H,26,28). The molecule has 140 valence electrons. The maximum Gasteiger partial charge on any atom is 0.240 e. The Hall–Kier alpha value is -3.61. The van der Waals surface area contributed by atoms with Crippen molar-refractivity contribution in [1.29, 1.82) is 0 Å². The molecule has 1 aliphatic rings. The van der Waals surface area contributed by atoms with E-state index < -0.39 is 23.0 Å². The van der Waals surface area contributed by atoms with Gasteiger partial charge in [0.05, 0.1) is 5.69 Å². The number of nitrogens with one attached hydrogen (secondary N) is 1. The fourth-order valence-electron chi connectivity index (χ4n) is 3.42. The Kier molecular flexibility index (Phi) is 4.35. The van der Waals surface area contributed by atoms with Crippen molar-refractivity contribution in [3.05, 3.63) is 78.5 Å². The number of carbonyl (C=O) groups is 2. The van der Waals surface area contributed by atoms with Gasteiger partial charge in [0, 0.05) is 23.4 Å². The second-order valence-corrected chi connectivity index (χ2v) is 6.77. The molecule has 3 aromatic rings.